The predicted octanol–water partition coefficient (Wildman–Crippen LogP) is 2.13. The van der Waals surface area contributed by atoms with Crippen LogP contribution in [-0.2, 0) is 7.05 Å². The van der Waals surface area contributed by atoms with E-state index >= 15 is 0 Å². The minimum atomic E-state index is -1.25. The summed E-state index contributed by atoms with van der Waals surface area (Å²) >= 11 is 0. The van der Waals surface area contributed by atoms with Gasteiger partial charge in [-0.3, -0.25) is 9.48 Å². The minimum Gasteiger partial charge on any atom is -0.478 e. The number of nitrogens with one attached hydrogen (secondary N) is 1. The van der Waals surface area contributed by atoms with E-state index in [1.54, 1.807) is 25.6 Å². The highest BCUT2D eigenvalue weighted by atomic mass is 19.1. The van der Waals surface area contributed by atoms with Gasteiger partial charge in [0.1, 0.15) is 5.82 Å². The summed E-state index contributed by atoms with van der Waals surface area (Å²) in [6.07, 6.45) is 0. The van der Waals surface area contributed by atoms with Crippen molar-refractivity contribution in [3.8, 4) is 0 Å². The molecule has 7 heteroatoms. The van der Waals surface area contributed by atoms with Crippen molar-refractivity contribution in [1.29, 1.82) is 0 Å². The summed E-state index contributed by atoms with van der Waals surface area (Å²) in [5.74, 6) is -2.40. The number of nitrogens with zero attached hydrogens (tertiary/aromatic N) is 2. The Hall–Kier alpha value is -2.70. The number of benzene rings is 1. The lowest BCUT2D eigenvalue weighted by molar-refractivity contribution is 0.0698. The van der Waals surface area contributed by atoms with E-state index in [0.717, 1.165) is 18.2 Å². The number of carboxylic acids is 1. The predicted molar refractivity (Wildman–Crippen MR) is 74.0 cm³/mol. The van der Waals surface area contributed by atoms with Gasteiger partial charge in [-0.1, -0.05) is 0 Å². The quantitative estimate of drug-likeness (QED) is 0.907. The van der Waals surface area contributed by atoms with Gasteiger partial charge in [-0.05, 0) is 32.0 Å². The first-order chi connectivity index (χ1) is 9.81. The highest BCUT2D eigenvalue weighted by Gasteiger charge is 2.20. The lowest BCUT2D eigenvalue weighted by Gasteiger charge is -2.09. The maximum Gasteiger partial charge on any atom is 0.337 e. The Morgan fingerprint density at radius 2 is 2.00 bits per heavy atom. The van der Waals surface area contributed by atoms with Gasteiger partial charge in [0.15, 0.2) is 0 Å². The molecule has 6 nitrogen and oxygen atoms in total. The van der Waals surface area contributed by atoms with Crippen molar-refractivity contribution in [1.82, 2.24) is 9.78 Å². The molecule has 1 aromatic heterocycles. The Morgan fingerprint density at radius 1 is 1.33 bits per heavy atom. The van der Waals surface area contributed by atoms with Crippen LogP contribution >= 0.6 is 0 Å². The van der Waals surface area contributed by atoms with Crippen molar-refractivity contribution in [2.75, 3.05) is 5.32 Å². The van der Waals surface area contributed by atoms with Gasteiger partial charge in [-0.15, -0.1) is 0 Å². The first kappa shape index (κ1) is 14.7. The van der Waals surface area contributed by atoms with Crippen LogP contribution in [0.4, 0.5) is 10.1 Å². The summed E-state index contributed by atoms with van der Waals surface area (Å²) in [7, 11) is 1.70. The third kappa shape index (κ3) is 2.76. The molecule has 0 radical (unpaired) electrons. The van der Waals surface area contributed by atoms with Gasteiger partial charge in [0.2, 0.25) is 0 Å². The molecular weight excluding hydrogens is 277 g/mol. The highest BCUT2D eigenvalue weighted by molar-refractivity contribution is 6.08. The van der Waals surface area contributed by atoms with Crippen LogP contribution in [0.25, 0.3) is 0 Å². The normalized spacial score (nSPS) is 10.5. The molecule has 0 spiro atoms. The van der Waals surface area contributed by atoms with Crippen LogP contribution in [-0.4, -0.2) is 26.8 Å². The molecule has 1 aromatic carbocycles. The summed E-state index contributed by atoms with van der Waals surface area (Å²) in [5, 5.41) is 15.6. The molecule has 0 saturated heterocycles. The van der Waals surface area contributed by atoms with Gasteiger partial charge >= 0.3 is 5.97 Å². The number of carbonyl (C=O) groups is 2. The number of amides is 1. The van der Waals surface area contributed by atoms with E-state index in [4.69, 9.17) is 5.11 Å². The van der Waals surface area contributed by atoms with Crippen LogP contribution < -0.4 is 5.32 Å². The topological polar surface area (TPSA) is 84.2 Å². The van der Waals surface area contributed by atoms with Crippen molar-refractivity contribution in [2.24, 2.45) is 7.05 Å². The molecule has 2 rings (SSSR count). The standard InChI is InChI=1S/C14H14FN3O3/c1-7-12(8(2)18(3)17-7)13(19)16-11-6-9(15)4-5-10(11)14(20)21/h4-6H,1-3H3,(H,16,19)(H,20,21). The van der Waals surface area contributed by atoms with E-state index in [1.807, 2.05) is 0 Å². The molecule has 0 unspecified atom stereocenters. The largest absolute Gasteiger partial charge is 0.478 e. The van der Waals surface area contributed by atoms with E-state index < -0.39 is 17.7 Å². The number of aromatic carboxylic acids is 1. The van der Waals surface area contributed by atoms with Crippen LogP contribution in [0.2, 0.25) is 0 Å². The molecule has 0 aliphatic rings. The molecular formula is C14H14FN3O3. The third-order valence-electron chi connectivity index (χ3n) is 3.20. The summed E-state index contributed by atoms with van der Waals surface area (Å²) in [6, 6.07) is 3.11. The summed E-state index contributed by atoms with van der Waals surface area (Å²) in [4.78, 5) is 23.4. The number of rotatable bonds is 3. The second-order valence-electron chi connectivity index (χ2n) is 4.62. The monoisotopic (exact) mass is 291 g/mol. The maximum absolute atomic E-state index is 13.3. The van der Waals surface area contributed by atoms with E-state index in [1.165, 1.54) is 0 Å². The van der Waals surface area contributed by atoms with Crippen molar-refractivity contribution in [3.05, 3.63) is 46.5 Å². The second-order valence-corrected chi connectivity index (χ2v) is 4.62. The third-order valence-corrected chi connectivity index (χ3v) is 3.20. The van der Waals surface area contributed by atoms with Crippen LogP contribution in [0.5, 0.6) is 0 Å². The average Bonchev–Trinajstić information content (AvgIpc) is 2.62. The van der Waals surface area contributed by atoms with E-state index in [-0.39, 0.29) is 11.3 Å². The van der Waals surface area contributed by atoms with E-state index in [0.29, 0.717) is 17.0 Å². The summed E-state index contributed by atoms with van der Waals surface area (Å²) < 4.78 is 14.8. The Kier molecular flexibility index (Phi) is 3.75. The average molecular weight is 291 g/mol. The number of aryl methyl sites for hydroxylation is 2. The molecule has 110 valence electrons. The Labute approximate surface area is 120 Å². The number of aromatic nitrogens is 2. The number of hydrogen-bond donors (Lipinski definition) is 2. The lowest BCUT2D eigenvalue weighted by atomic mass is 10.1. The molecule has 21 heavy (non-hydrogen) atoms. The van der Waals surface area contributed by atoms with Crippen molar-refractivity contribution in [3.63, 3.8) is 0 Å². The zero-order chi connectivity index (χ0) is 15.7. The first-order valence-corrected chi connectivity index (χ1v) is 6.15. The fourth-order valence-electron chi connectivity index (χ4n) is 2.09. The van der Waals surface area contributed by atoms with E-state index in [2.05, 4.69) is 10.4 Å². The van der Waals surface area contributed by atoms with Crippen molar-refractivity contribution < 1.29 is 19.1 Å². The Balaban J connectivity index is 2.40. The number of halogens is 1. The Morgan fingerprint density at radius 3 is 2.52 bits per heavy atom. The zero-order valence-corrected chi connectivity index (χ0v) is 11.8. The van der Waals surface area contributed by atoms with Crippen LogP contribution in [0.3, 0.4) is 0 Å². The summed E-state index contributed by atoms with van der Waals surface area (Å²) in [5.41, 5.74) is 1.23. The molecule has 1 amide bonds. The molecule has 1 heterocycles. The van der Waals surface area contributed by atoms with Crippen molar-refractivity contribution in [2.45, 2.75) is 13.8 Å². The van der Waals surface area contributed by atoms with Crippen LogP contribution in [0.15, 0.2) is 18.2 Å². The number of carbonyl (C=O) groups excluding carboxylic acids is 1. The summed E-state index contributed by atoms with van der Waals surface area (Å²) in [6.45, 7) is 3.39. The lowest BCUT2D eigenvalue weighted by Crippen LogP contribution is -2.16. The molecule has 2 aromatic rings. The zero-order valence-electron chi connectivity index (χ0n) is 11.8. The van der Waals surface area contributed by atoms with Crippen LogP contribution in [0, 0.1) is 19.7 Å². The van der Waals surface area contributed by atoms with Gasteiger partial charge < -0.3 is 10.4 Å². The molecule has 0 fully saturated rings. The molecule has 0 aliphatic heterocycles. The maximum atomic E-state index is 13.3. The molecule has 0 atom stereocenters. The van der Waals surface area contributed by atoms with Gasteiger partial charge in [0.05, 0.1) is 22.5 Å². The van der Waals surface area contributed by atoms with Crippen LogP contribution in [0.1, 0.15) is 32.1 Å². The number of hydrogen-bond acceptors (Lipinski definition) is 3. The minimum absolute atomic E-state index is 0.0878. The van der Waals surface area contributed by atoms with Gasteiger partial charge in [-0.25, -0.2) is 9.18 Å². The van der Waals surface area contributed by atoms with Crippen molar-refractivity contribution >= 4 is 17.6 Å². The number of carboxylic acid groups (broad SMARTS) is 1. The highest BCUT2D eigenvalue weighted by Crippen LogP contribution is 2.20. The fraction of sp³-hybridized carbons (Fsp3) is 0.214. The Bertz CT molecular complexity index is 737. The van der Waals surface area contributed by atoms with Gasteiger partial charge in [0, 0.05) is 12.7 Å². The van der Waals surface area contributed by atoms with Gasteiger partial charge in [-0.2, -0.15) is 5.10 Å². The first-order valence-electron chi connectivity index (χ1n) is 6.15. The smallest absolute Gasteiger partial charge is 0.337 e. The SMILES string of the molecule is Cc1nn(C)c(C)c1C(=O)Nc1cc(F)ccc1C(=O)O. The molecule has 0 saturated carbocycles. The molecule has 2 N–H and O–H groups in total. The molecule has 0 aliphatic carbocycles. The fourth-order valence-corrected chi connectivity index (χ4v) is 2.09. The van der Waals surface area contributed by atoms with Gasteiger partial charge in [0.25, 0.3) is 5.91 Å². The number of anilines is 1. The van der Waals surface area contributed by atoms with E-state index in [9.17, 15) is 14.0 Å². The second kappa shape index (κ2) is 5.35. The molecule has 0 bridgehead atoms.